The van der Waals surface area contributed by atoms with Crippen LogP contribution in [0.3, 0.4) is 0 Å². The number of aliphatic hydroxyl groups excluding tert-OH is 1. The van der Waals surface area contributed by atoms with E-state index in [0.29, 0.717) is 49.6 Å². The quantitative estimate of drug-likeness (QED) is 0.176. The van der Waals surface area contributed by atoms with Gasteiger partial charge in [0.25, 0.3) is 5.91 Å². The summed E-state index contributed by atoms with van der Waals surface area (Å²) in [6, 6.07) is 6.45. The molecule has 3 aliphatic rings. The molecule has 2 bridgehead atoms. The number of thioether (sulfide) groups is 1. The summed E-state index contributed by atoms with van der Waals surface area (Å²) >= 11 is 12.0. The van der Waals surface area contributed by atoms with E-state index in [1.807, 2.05) is 19.1 Å². The molecule has 3 fully saturated rings. The number of benzene rings is 1. The van der Waals surface area contributed by atoms with Crippen molar-refractivity contribution in [2.45, 2.75) is 59.9 Å². The molecular weight excluding hydrogens is 614 g/mol. The zero-order chi connectivity index (χ0) is 29.0. The Morgan fingerprint density at radius 3 is 2.58 bits per heavy atom. The third kappa shape index (κ3) is 5.51. The molecule has 0 radical (unpaired) electrons. The van der Waals surface area contributed by atoms with Gasteiger partial charge in [0.1, 0.15) is 6.04 Å². The number of nitrogens with zero attached hydrogens (tertiary/aromatic N) is 3. The van der Waals surface area contributed by atoms with Gasteiger partial charge in [0.15, 0.2) is 0 Å². The molecule has 0 saturated carbocycles. The Morgan fingerprint density at radius 1 is 1.20 bits per heavy atom. The normalized spacial score (nSPS) is 28.4. The lowest BCUT2D eigenvalue weighted by Gasteiger charge is -2.38. The van der Waals surface area contributed by atoms with Crippen molar-refractivity contribution in [1.82, 2.24) is 9.80 Å². The highest BCUT2D eigenvalue weighted by Crippen LogP contribution is 2.68. The van der Waals surface area contributed by atoms with Gasteiger partial charge in [-0.05, 0) is 44.2 Å². The van der Waals surface area contributed by atoms with E-state index in [1.54, 1.807) is 50.7 Å². The van der Waals surface area contributed by atoms with Crippen molar-refractivity contribution < 1.29 is 19.5 Å². The van der Waals surface area contributed by atoms with Crippen LogP contribution in [0.5, 0.6) is 0 Å². The molecule has 1 spiro atoms. The molecule has 1 aromatic carbocycles. The number of aliphatic hydroxyl groups is 1. The molecule has 3 heterocycles. The van der Waals surface area contributed by atoms with E-state index in [0.717, 1.165) is 12.8 Å². The van der Waals surface area contributed by atoms with Crippen molar-refractivity contribution in [3.05, 3.63) is 54.6 Å². The molecule has 3 amide bonds. The van der Waals surface area contributed by atoms with Crippen LogP contribution < -0.4 is 4.90 Å². The van der Waals surface area contributed by atoms with Gasteiger partial charge < -0.3 is 19.8 Å². The van der Waals surface area contributed by atoms with E-state index in [4.69, 9.17) is 11.6 Å². The molecule has 6 atom stereocenters. The highest BCUT2D eigenvalue weighted by Gasteiger charge is 2.76. The topological polar surface area (TPSA) is 81.2 Å². The first-order valence-corrected chi connectivity index (χ1v) is 16.2. The first-order valence-electron chi connectivity index (χ1n) is 14.1. The number of carbonyl (C=O) groups is 3. The fourth-order valence-corrected chi connectivity index (χ4v) is 10.5. The second-order valence-electron chi connectivity index (χ2n) is 10.7. The average molecular weight is 653 g/mol. The highest BCUT2D eigenvalue weighted by molar-refractivity contribution is 9.09. The zero-order valence-electron chi connectivity index (χ0n) is 23.0. The summed E-state index contributed by atoms with van der Waals surface area (Å²) in [6.07, 6.45) is 6.84. The highest BCUT2D eigenvalue weighted by atomic mass is 79.9. The van der Waals surface area contributed by atoms with Crippen LogP contribution in [0.1, 0.15) is 39.0 Å². The minimum atomic E-state index is -0.748. The SMILES string of the molecule is C=CCN(CCC)C(=O)[C@H]1[C@H]2C(=O)N(CCCCCO)C(C(=O)N(CC=C)c3ccccc3Cl)C23CC(Br)[C@@H]1S3. The fourth-order valence-electron chi connectivity index (χ4n) is 6.68. The summed E-state index contributed by atoms with van der Waals surface area (Å²) < 4.78 is -0.739. The number of hydrogen-bond donors (Lipinski definition) is 1. The van der Waals surface area contributed by atoms with Crippen molar-refractivity contribution in [1.29, 1.82) is 0 Å². The maximum atomic E-state index is 14.6. The third-order valence-corrected chi connectivity index (χ3v) is 11.8. The van der Waals surface area contributed by atoms with Crippen LogP contribution in [0.25, 0.3) is 0 Å². The standard InChI is InChI=1S/C30H39BrClN3O4S/c1-4-14-33(15-5-2)27(37)23-24-28(38)35(17-10-7-11-18-36)26(30(24)19-20(31)25(23)40-30)29(39)34(16-6-3)22-13-9-8-12-21(22)32/h4,6,8-9,12-13,20,23-26,36H,1,3,5,7,10-11,14-19H2,2H3/t20?,23-,24-,25-,26?,30?/m0/s1. The van der Waals surface area contributed by atoms with Crippen LogP contribution in [0.15, 0.2) is 49.6 Å². The number of amides is 3. The van der Waals surface area contributed by atoms with E-state index in [2.05, 4.69) is 29.1 Å². The predicted molar refractivity (Wildman–Crippen MR) is 166 cm³/mol. The van der Waals surface area contributed by atoms with Gasteiger partial charge in [0.2, 0.25) is 11.8 Å². The zero-order valence-corrected chi connectivity index (χ0v) is 26.2. The molecule has 40 heavy (non-hydrogen) atoms. The monoisotopic (exact) mass is 651 g/mol. The Morgan fingerprint density at radius 2 is 1.93 bits per heavy atom. The van der Waals surface area contributed by atoms with E-state index >= 15 is 0 Å². The van der Waals surface area contributed by atoms with Gasteiger partial charge >= 0.3 is 0 Å². The number of carbonyl (C=O) groups excluding carboxylic acids is 3. The van der Waals surface area contributed by atoms with Crippen molar-refractivity contribution in [2.24, 2.45) is 11.8 Å². The Balaban J connectivity index is 1.78. The number of unbranched alkanes of at least 4 members (excludes halogenated alkanes) is 2. The van der Waals surface area contributed by atoms with Gasteiger partial charge in [-0.15, -0.1) is 24.9 Å². The van der Waals surface area contributed by atoms with Gasteiger partial charge in [0, 0.05) is 42.9 Å². The molecule has 7 nitrogen and oxygen atoms in total. The largest absolute Gasteiger partial charge is 0.396 e. The Kier molecular flexibility index (Phi) is 10.5. The fraction of sp³-hybridized carbons (Fsp3) is 0.567. The van der Waals surface area contributed by atoms with Gasteiger partial charge in [-0.2, -0.15) is 0 Å². The molecule has 218 valence electrons. The van der Waals surface area contributed by atoms with Crippen LogP contribution in [0, 0.1) is 11.8 Å². The second kappa shape index (κ2) is 13.4. The van der Waals surface area contributed by atoms with E-state index in [1.165, 1.54) is 0 Å². The lowest BCUT2D eigenvalue weighted by atomic mass is 9.70. The summed E-state index contributed by atoms with van der Waals surface area (Å²) in [5, 5.41) is 9.63. The molecular formula is C30H39BrClN3O4S. The first-order chi connectivity index (χ1) is 19.3. The van der Waals surface area contributed by atoms with Crippen LogP contribution in [-0.4, -0.2) is 86.3 Å². The molecule has 1 aromatic rings. The lowest BCUT2D eigenvalue weighted by Crippen LogP contribution is -2.56. The number of halogens is 2. The van der Waals surface area contributed by atoms with Gasteiger partial charge in [0.05, 0.1) is 27.3 Å². The lowest BCUT2D eigenvalue weighted by molar-refractivity contribution is -0.143. The summed E-state index contributed by atoms with van der Waals surface area (Å²) in [4.78, 5) is 48.2. The molecule has 10 heteroatoms. The third-order valence-electron chi connectivity index (χ3n) is 8.24. The number of hydrogen-bond acceptors (Lipinski definition) is 5. The van der Waals surface area contributed by atoms with E-state index in [9.17, 15) is 19.5 Å². The maximum absolute atomic E-state index is 14.6. The van der Waals surface area contributed by atoms with Crippen molar-refractivity contribution in [2.75, 3.05) is 37.7 Å². The number of para-hydroxylation sites is 1. The minimum absolute atomic E-state index is 0.000476. The number of anilines is 1. The number of fused-ring (bicyclic) bond motifs is 1. The van der Waals surface area contributed by atoms with Crippen LogP contribution in [-0.2, 0) is 14.4 Å². The predicted octanol–water partition coefficient (Wildman–Crippen LogP) is 4.91. The van der Waals surface area contributed by atoms with Gasteiger partial charge in [-0.25, -0.2) is 0 Å². The number of rotatable bonds is 14. The Hall–Kier alpha value is -1.81. The summed E-state index contributed by atoms with van der Waals surface area (Å²) in [7, 11) is 0. The summed E-state index contributed by atoms with van der Waals surface area (Å²) in [5.74, 6) is -1.47. The van der Waals surface area contributed by atoms with Gasteiger partial charge in [-0.3, -0.25) is 14.4 Å². The minimum Gasteiger partial charge on any atom is -0.396 e. The molecule has 3 unspecified atom stereocenters. The Labute approximate surface area is 255 Å². The van der Waals surface area contributed by atoms with Crippen LogP contribution in [0.4, 0.5) is 5.69 Å². The van der Waals surface area contributed by atoms with Crippen molar-refractivity contribution in [3.63, 3.8) is 0 Å². The van der Waals surface area contributed by atoms with E-state index in [-0.39, 0.29) is 41.0 Å². The van der Waals surface area contributed by atoms with Gasteiger partial charge in [-0.1, -0.05) is 58.7 Å². The summed E-state index contributed by atoms with van der Waals surface area (Å²) in [5.41, 5.74) is 0.572. The maximum Gasteiger partial charge on any atom is 0.251 e. The number of likely N-dealkylation sites (tertiary alicyclic amines) is 1. The average Bonchev–Trinajstić information content (AvgIpc) is 3.52. The summed E-state index contributed by atoms with van der Waals surface area (Å²) in [6.45, 7) is 11.5. The molecule has 1 N–H and O–H groups in total. The molecule has 3 aliphatic heterocycles. The molecule has 4 rings (SSSR count). The molecule has 0 aliphatic carbocycles. The number of alkyl halides is 1. The van der Waals surface area contributed by atoms with Crippen molar-refractivity contribution in [3.8, 4) is 0 Å². The van der Waals surface area contributed by atoms with Crippen LogP contribution >= 0.6 is 39.3 Å². The Bertz CT molecular complexity index is 1140. The molecule has 0 aromatic heterocycles. The first kappa shape index (κ1) is 31.1. The molecule has 3 saturated heterocycles. The second-order valence-corrected chi connectivity index (χ2v) is 13.9. The van der Waals surface area contributed by atoms with E-state index < -0.39 is 22.6 Å². The van der Waals surface area contributed by atoms with Crippen molar-refractivity contribution >= 4 is 62.7 Å². The smallest absolute Gasteiger partial charge is 0.251 e. The van der Waals surface area contributed by atoms with Crippen LogP contribution in [0.2, 0.25) is 5.02 Å².